The highest BCUT2D eigenvalue weighted by Crippen LogP contribution is 2.33. The van der Waals surface area contributed by atoms with Gasteiger partial charge in [0.25, 0.3) is 0 Å². The third-order valence-electron chi connectivity index (χ3n) is 4.63. The second-order valence-corrected chi connectivity index (χ2v) is 7.45. The number of ether oxygens (including phenoxy) is 1. The second-order valence-electron chi connectivity index (χ2n) is 6.51. The first-order chi connectivity index (χ1) is 13.7. The number of hydrogen-bond acceptors (Lipinski definition) is 6. The topological polar surface area (TPSA) is 73.1 Å². The van der Waals surface area contributed by atoms with Gasteiger partial charge in [-0.1, -0.05) is 42.1 Å². The molecule has 1 amide bonds. The summed E-state index contributed by atoms with van der Waals surface area (Å²) in [6, 6.07) is 15.8. The van der Waals surface area contributed by atoms with E-state index in [4.69, 9.17) is 4.74 Å². The number of carbonyl (C=O) groups is 1. The summed E-state index contributed by atoms with van der Waals surface area (Å²) < 4.78 is 7.29. The highest BCUT2D eigenvalue weighted by molar-refractivity contribution is 7.99. The molecule has 7 nitrogen and oxygen atoms in total. The molecule has 2 aromatic carbocycles. The van der Waals surface area contributed by atoms with Crippen LogP contribution in [0.5, 0.6) is 5.75 Å². The number of carbonyl (C=O) groups excluding carboxylic acids is 1. The predicted molar refractivity (Wildman–Crippen MR) is 108 cm³/mol. The molecule has 28 heavy (non-hydrogen) atoms. The molecule has 0 bridgehead atoms. The Balaban J connectivity index is 1.52. The smallest absolute Gasteiger partial charge is 0.237 e. The molecule has 0 fully saturated rings. The average molecular weight is 395 g/mol. The van der Waals surface area contributed by atoms with Crippen LogP contribution in [0.2, 0.25) is 0 Å². The van der Waals surface area contributed by atoms with Gasteiger partial charge in [0, 0.05) is 11.7 Å². The first-order valence-electron chi connectivity index (χ1n) is 9.22. The molecule has 3 aromatic rings. The van der Waals surface area contributed by atoms with Gasteiger partial charge in [0.1, 0.15) is 11.4 Å². The summed E-state index contributed by atoms with van der Waals surface area (Å²) in [5.41, 5.74) is 2.97. The lowest BCUT2D eigenvalue weighted by molar-refractivity contribution is -0.116. The van der Waals surface area contributed by atoms with Gasteiger partial charge in [-0.25, -0.2) is 0 Å². The minimum absolute atomic E-state index is 0.0510. The third kappa shape index (κ3) is 3.47. The van der Waals surface area contributed by atoms with E-state index >= 15 is 0 Å². The highest BCUT2D eigenvalue weighted by atomic mass is 32.2. The largest absolute Gasteiger partial charge is 0.492 e. The Morgan fingerprint density at radius 3 is 2.75 bits per heavy atom. The fourth-order valence-corrected chi connectivity index (χ4v) is 4.21. The molecular formula is C20H21N5O2S. The summed E-state index contributed by atoms with van der Waals surface area (Å²) >= 11 is 1.33. The number of fused-ring (bicyclic) bond motifs is 1. The molecule has 144 valence electrons. The normalized spacial score (nSPS) is 15.5. The minimum Gasteiger partial charge on any atom is -0.492 e. The lowest BCUT2D eigenvalue weighted by Gasteiger charge is -2.22. The number of aromatic nitrogens is 4. The second kappa shape index (κ2) is 8.02. The summed E-state index contributed by atoms with van der Waals surface area (Å²) in [5, 5.41) is 12.5. The summed E-state index contributed by atoms with van der Waals surface area (Å²) in [6.07, 6.45) is 0.881. The average Bonchev–Trinajstić information content (AvgIpc) is 3.30. The Morgan fingerprint density at radius 2 is 1.93 bits per heavy atom. The number of anilines is 1. The molecule has 0 saturated heterocycles. The Hall–Kier alpha value is -2.87. The van der Waals surface area contributed by atoms with Gasteiger partial charge >= 0.3 is 0 Å². The van der Waals surface area contributed by atoms with Crippen molar-refractivity contribution in [2.24, 2.45) is 0 Å². The highest BCUT2D eigenvalue weighted by Gasteiger charge is 2.30. The van der Waals surface area contributed by atoms with Crippen molar-refractivity contribution in [1.82, 2.24) is 20.2 Å². The Morgan fingerprint density at radius 1 is 1.18 bits per heavy atom. The van der Waals surface area contributed by atoms with Crippen LogP contribution in [-0.4, -0.2) is 44.5 Å². The molecule has 1 aliphatic rings. The van der Waals surface area contributed by atoms with Crippen LogP contribution in [0.25, 0.3) is 5.69 Å². The molecule has 8 heteroatoms. The number of benzene rings is 2. The Labute approximate surface area is 167 Å². The van der Waals surface area contributed by atoms with E-state index in [9.17, 15) is 4.79 Å². The van der Waals surface area contributed by atoms with Crippen molar-refractivity contribution in [3.8, 4) is 11.4 Å². The number of hydrogen-bond donors (Lipinski definition) is 0. The summed E-state index contributed by atoms with van der Waals surface area (Å²) in [6.45, 7) is 4.55. The molecule has 2 heterocycles. The number of thioether (sulfide) groups is 1. The third-order valence-corrected chi connectivity index (χ3v) is 5.54. The van der Waals surface area contributed by atoms with Crippen molar-refractivity contribution in [1.29, 1.82) is 0 Å². The first kappa shape index (κ1) is 18.5. The van der Waals surface area contributed by atoms with Gasteiger partial charge < -0.3 is 9.64 Å². The molecule has 1 atom stereocenters. The standard InChI is InChI=1S/C20H21N5O2S/c1-3-27-18-11-7-6-10-17(18)25-20(21-22-23-25)28-13-19(26)24-14(2)12-15-8-4-5-9-16(15)24/h4-11,14H,3,12-13H2,1-2H3. The lowest BCUT2D eigenvalue weighted by atomic mass is 10.1. The van der Waals surface area contributed by atoms with Crippen LogP contribution in [0.4, 0.5) is 5.69 Å². The number of nitrogens with zero attached hydrogens (tertiary/aromatic N) is 5. The van der Waals surface area contributed by atoms with Crippen LogP contribution < -0.4 is 9.64 Å². The zero-order chi connectivity index (χ0) is 19.5. The van der Waals surface area contributed by atoms with Crippen LogP contribution in [0.3, 0.4) is 0 Å². The molecule has 0 radical (unpaired) electrons. The fourth-order valence-electron chi connectivity index (χ4n) is 3.47. The maximum absolute atomic E-state index is 12.9. The van der Waals surface area contributed by atoms with E-state index in [1.807, 2.05) is 54.3 Å². The van der Waals surface area contributed by atoms with E-state index in [1.165, 1.54) is 17.3 Å². The predicted octanol–water partition coefficient (Wildman–Crippen LogP) is 3.13. The minimum atomic E-state index is 0.0510. The van der Waals surface area contributed by atoms with E-state index in [0.29, 0.717) is 17.5 Å². The maximum atomic E-state index is 12.9. The molecular weight excluding hydrogens is 374 g/mol. The monoisotopic (exact) mass is 395 g/mol. The molecule has 0 aliphatic carbocycles. The van der Waals surface area contributed by atoms with Gasteiger partial charge in [0.05, 0.1) is 12.4 Å². The maximum Gasteiger partial charge on any atom is 0.237 e. The number of amides is 1. The molecule has 1 aromatic heterocycles. The van der Waals surface area contributed by atoms with Gasteiger partial charge in [0.15, 0.2) is 0 Å². The van der Waals surface area contributed by atoms with Gasteiger partial charge in [-0.3, -0.25) is 4.79 Å². The fraction of sp³-hybridized carbons (Fsp3) is 0.300. The van der Waals surface area contributed by atoms with Crippen molar-refractivity contribution >= 4 is 23.4 Å². The van der Waals surface area contributed by atoms with E-state index in [0.717, 1.165) is 17.8 Å². The Bertz CT molecular complexity index is 990. The van der Waals surface area contributed by atoms with Crippen molar-refractivity contribution < 1.29 is 9.53 Å². The summed E-state index contributed by atoms with van der Waals surface area (Å²) in [4.78, 5) is 14.8. The van der Waals surface area contributed by atoms with Gasteiger partial charge in [0.2, 0.25) is 11.1 Å². The molecule has 4 rings (SSSR count). The van der Waals surface area contributed by atoms with Crippen LogP contribution in [0.15, 0.2) is 53.7 Å². The number of tetrazole rings is 1. The van der Waals surface area contributed by atoms with Crippen molar-refractivity contribution in [3.05, 3.63) is 54.1 Å². The van der Waals surface area contributed by atoms with E-state index in [1.54, 1.807) is 4.68 Å². The lowest BCUT2D eigenvalue weighted by Crippen LogP contribution is -2.37. The van der Waals surface area contributed by atoms with Gasteiger partial charge in [-0.2, -0.15) is 4.68 Å². The summed E-state index contributed by atoms with van der Waals surface area (Å²) in [5.74, 6) is 1.01. The quantitative estimate of drug-likeness (QED) is 0.597. The zero-order valence-electron chi connectivity index (χ0n) is 15.8. The zero-order valence-corrected chi connectivity index (χ0v) is 16.6. The molecule has 0 spiro atoms. The van der Waals surface area contributed by atoms with Crippen LogP contribution in [0.1, 0.15) is 19.4 Å². The molecule has 1 unspecified atom stereocenters. The van der Waals surface area contributed by atoms with Gasteiger partial charge in [-0.15, -0.1) is 5.10 Å². The SMILES string of the molecule is CCOc1ccccc1-n1nnnc1SCC(=O)N1c2ccccc2CC1C. The molecule has 1 aliphatic heterocycles. The van der Waals surface area contributed by atoms with E-state index < -0.39 is 0 Å². The first-order valence-corrected chi connectivity index (χ1v) is 10.2. The molecule has 0 N–H and O–H groups in total. The van der Waals surface area contributed by atoms with Gasteiger partial charge in [-0.05, 0) is 54.5 Å². The summed E-state index contributed by atoms with van der Waals surface area (Å²) in [7, 11) is 0. The Kier molecular flexibility index (Phi) is 5.29. The van der Waals surface area contributed by atoms with Crippen LogP contribution >= 0.6 is 11.8 Å². The van der Waals surface area contributed by atoms with E-state index in [2.05, 4.69) is 28.5 Å². The van der Waals surface area contributed by atoms with Crippen LogP contribution in [0, 0.1) is 0 Å². The number of rotatable bonds is 6. The van der Waals surface area contributed by atoms with Crippen molar-refractivity contribution in [2.45, 2.75) is 31.5 Å². The van der Waals surface area contributed by atoms with Crippen molar-refractivity contribution in [2.75, 3.05) is 17.3 Å². The van der Waals surface area contributed by atoms with E-state index in [-0.39, 0.29) is 17.7 Å². The van der Waals surface area contributed by atoms with Crippen molar-refractivity contribution in [3.63, 3.8) is 0 Å². The molecule has 0 saturated carbocycles. The number of para-hydroxylation sites is 3. The van der Waals surface area contributed by atoms with Crippen LogP contribution in [-0.2, 0) is 11.2 Å².